The van der Waals surface area contributed by atoms with Crippen LogP contribution in [0.2, 0.25) is 0 Å². The second kappa shape index (κ2) is 7.44. The van der Waals surface area contributed by atoms with E-state index >= 15 is 0 Å². The third-order valence-electron chi connectivity index (χ3n) is 1.24. The molecule has 0 saturated carbocycles. The van der Waals surface area contributed by atoms with Crippen molar-refractivity contribution in [3.05, 3.63) is 23.6 Å². The fraction of sp³-hybridized carbons (Fsp3) is 0.600. The highest BCUT2D eigenvalue weighted by atomic mass is 32.2. The van der Waals surface area contributed by atoms with Crippen LogP contribution in [0.1, 0.15) is 27.2 Å². The minimum absolute atomic E-state index is 0.320. The van der Waals surface area contributed by atoms with Gasteiger partial charge in [-0.2, -0.15) is 0 Å². The summed E-state index contributed by atoms with van der Waals surface area (Å²) < 4.78 is 0. The largest absolute Gasteiger partial charge is 0.389 e. The van der Waals surface area contributed by atoms with Crippen LogP contribution in [0, 0.1) is 0 Å². The van der Waals surface area contributed by atoms with E-state index in [1.54, 1.807) is 17.8 Å². The van der Waals surface area contributed by atoms with Gasteiger partial charge in [0.2, 0.25) is 0 Å². The smallest absolute Gasteiger partial charge is 0.0755 e. The van der Waals surface area contributed by atoms with Crippen molar-refractivity contribution in [2.24, 2.45) is 0 Å². The third kappa shape index (κ3) is 7.89. The maximum absolute atomic E-state index is 9.27. The molecule has 1 N–H and O–H groups in total. The number of aliphatic hydroxyl groups excluding tert-OH is 1. The van der Waals surface area contributed by atoms with E-state index in [4.69, 9.17) is 0 Å². The van der Waals surface area contributed by atoms with E-state index in [1.165, 1.54) is 0 Å². The highest BCUT2D eigenvalue weighted by molar-refractivity contribution is 8.02. The van der Waals surface area contributed by atoms with E-state index in [-0.39, 0.29) is 6.10 Å². The summed E-state index contributed by atoms with van der Waals surface area (Å²) in [6.45, 7) is 6.21. The van der Waals surface area contributed by atoms with Gasteiger partial charge in [0.05, 0.1) is 6.10 Å². The average molecular weight is 186 g/mol. The molecular formula is C10H18OS. The molecule has 0 aliphatic carbocycles. The third-order valence-corrected chi connectivity index (χ3v) is 2.13. The quantitative estimate of drug-likeness (QED) is 0.666. The Morgan fingerprint density at radius 2 is 2.08 bits per heavy atom. The number of aliphatic hydroxyl groups is 1. The van der Waals surface area contributed by atoms with Gasteiger partial charge >= 0.3 is 0 Å². The lowest BCUT2D eigenvalue weighted by atomic mass is 10.2. The minimum atomic E-state index is -0.320. The Hall–Kier alpha value is -0.210. The first-order valence-corrected chi connectivity index (χ1v) is 5.22. The van der Waals surface area contributed by atoms with Gasteiger partial charge in [0.1, 0.15) is 0 Å². The predicted molar refractivity (Wildman–Crippen MR) is 57.3 cm³/mol. The molecule has 0 fully saturated rings. The molecule has 0 saturated heterocycles. The van der Waals surface area contributed by atoms with Gasteiger partial charge in [0.15, 0.2) is 0 Å². The maximum Gasteiger partial charge on any atom is 0.0755 e. The monoisotopic (exact) mass is 186 g/mol. The van der Waals surface area contributed by atoms with Crippen molar-refractivity contribution in [1.29, 1.82) is 0 Å². The first-order chi connectivity index (χ1) is 5.66. The fourth-order valence-electron chi connectivity index (χ4n) is 0.708. The number of hydrogen-bond donors (Lipinski definition) is 1. The van der Waals surface area contributed by atoms with Crippen molar-refractivity contribution in [1.82, 2.24) is 0 Å². The van der Waals surface area contributed by atoms with Crippen LogP contribution in [-0.4, -0.2) is 16.5 Å². The van der Waals surface area contributed by atoms with Crippen LogP contribution in [0.5, 0.6) is 0 Å². The van der Waals surface area contributed by atoms with Crippen LogP contribution in [0.25, 0.3) is 0 Å². The summed E-state index contributed by atoms with van der Waals surface area (Å²) in [5.41, 5.74) is 0. The van der Waals surface area contributed by atoms with Crippen LogP contribution < -0.4 is 0 Å². The Balaban J connectivity index is 3.46. The molecule has 0 aromatic carbocycles. The lowest BCUT2D eigenvalue weighted by Gasteiger charge is -2.00. The Labute approximate surface area is 79.6 Å². The van der Waals surface area contributed by atoms with E-state index in [9.17, 15) is 5.11 Å². The maximum atomic E-state index is 9.27. The number of allylic oxidation sites excluding steroid dienone is 1. The van der Waals surface area contributed by atoms with E-state index in [1.807, 2.05) is 19.1 Å². The predicted octanol–water partition coefficient (Wildman–Crippen LogP) is 2.97. The van der Waals surface area contributed by atoms with E-state index < -0.39 is 0 Å². The summed E-state index contributed by atoms with van der Waals surface area (Å²) >= 11 is 1.78. The van der Waals surface area contributed by atoms with Crippen LogP contribution in [0.15, 0.2) is 23.6 Å². The first-order valence-electron chi connectivity index (χ1n) is 4.28. The lowest BCUT2D eigenvalue weighted by molar-refractivity contribution is 0.227. The second-order valence-electron chi connectivity index (χ2n) is 2.89. The molecule has 0 radical (unpaired) electrons. The van der Waals surface area contributed by atoms with Gasteiger partial charge in [-0.3, -0.25) is 0 Å². The molecule has 0 aliphatic rings. The van der Waals surface area contributed by atoms with E-state index in [0.717, 1.165) is 0 Å². The second-order valence-corrected chi connectivity index (χ2v) is 4.37. The molecule has 0 bridgehead atoms. The summed E-state index contributed by atoms with van der Waals surface area (Å²) in [7, 11) is 0. The zero-order valence-corrected chi connectivity index (χ0v) is 8.84. The summed E-state index contributed by atoms with van der Waals surface area (Å²) in [5.74, 6) is 0. The zero-order chi connectivity index (χ0) is 9.40. The highest BCUT2D eigenvalue weighted by Gasteiger charge is 1.93. The molecule has 1 unspecified atom stereocenters. The molecular weight excluding hydrogens is 168 g/mol. The molecule has 1 nitrogen and oxygen atoms in total. The number of thioether (sulfide) groups is 1. The lowest BCUT2D eigenvalue weighted by Crippen LogP contribution is -1.98. The topological polar surface area (TPSA) is 20.2 Å². The van der Waals surface area contributed by atoms with Gasteiger partial charge in [-0.25, -0.2) is 0 Å². The summed E-state index contributed by atoms with van der Waals surface area (Å²) in [4.78, 5) is 0. The van der Waals surface area contributed by atoms with Crippen molar-refractivity contribution >= 4 is 11.8 Å². The van der Waals surface area contributed by atoms with Gasteiger partial charge in [0, 0.05) is 5.25 Å². The first kappa shape index (κ1) is 11.8. The Morgan fingerprint density at radius 3 is 2.58 bits per heavy atom. The average Bonchev–Trinajstić information content (AvgIpc) is 1.98. The van der Waals surface area contributed by atoms with Crippen molar-refractivity contribution < 1.29 is 5.11 Å². The summed E-state index contributed by atoms with van der Waals surface area (Å²) in [5, 5.41) is 11.9. The molecule has 0 aromatic heterocycles. The SMILES string of the molecule is CC=CC(O)CC=CSC(C)C. The molecule has 0 aliphatic heterocycles. The van der Waals surface area contributed by atoms with Crippen LogP contribution >= 0.6 is 11.8 Å². The van der Waals surface area contributed by atoms with E-state index in [0.29, 0.717) is 11.7 Å². The molecule has 2 heteroatoms. The number of rotatable bonds is 5. The summed E-state index contributed by atoms with van der Waals surface area (Å²) in [6, 6.07) is 0. The van der Waals surface area contributed by atoms with Crippen molar-refractivity contribution in [2.45, 2.75) is 38.5 Å². The molecule has 0 spiro atoms. The highest BCUT2D eigenvalue weighted by Crippen LogP contribution is 2.11. The van der Waals surface area contributed by atoms with E-state index in [2.05, 4.69) is 19.3 Å². The Bertz CT molecular complexity index is 150. The van der Waals surface area contributed by atoms with Gasteiger partial charge < -0.3 is 5.11 Å². The van der Waals surface area contributed by atoms with Crippen molar-refractivity contribution in [3.63, 3.8) is 0 Å². The van der Waals surface area contributed by atoms with Gasteiger partial charge in [-0.05, 0) is 18.8 Å². The Kier molecular flexibility index (Phi) is 7.31. The van der Waals surface area contributed by atoms with Gasteiger partial charge in [-0.15, -0.1) is 11.8 Å². The molecule has 0 rings (SSSR count). The number of hydrogen-bond acceptors (Lipinski definition) is 2. The molecule has 0 aromatic rings. The van der Waals surface area contributed by atoms with Gasteiger partial charge in [0.25, 0.3) is 0 Å². The van der Waals surface area contributed by atoms with Crippen LogP contribution in [0.3, 0.4) is 0 Å². The minimum Gasteiger partial charge on any atom is -0.389 e. The fourth-order valence-corrected chi connectivity index (χ4v) is 1.24. The molecule has 1 atom stereocenters. The molecule has 0 amide bonds. The van der Waals surface area contributed by atoms with Crippen molar-refractivity contribution in [3.8, 4) is 0 Å². The van der Waals surface area contributed by atoms with Gasteiger partial charge in [-0.1, -0.05) is 32.1 Å². The van der Waals surface area contributed by atoms with Crippen LogP contribution in [-0.2, 0) is 0 Å². The normalized spacial score (nSPS) is 15.1. The zero-order valence-electron chi connectivity index (χ0n) is 8.03. The van der Waals surface area contributed by atoms with Crippen LogP contribution in [0.4, 0.5) is 0 Å². The molecule has 0 heterocycles. The standard InChI is InChI=1S/C10H18OS/c1-4-6-10(11)7-5-8-12-9(2)3/h4-6,8-11H,7H2,1-3H3. The molecule has 12 heavy (non-hydrogen) atoms. The Morgan fingerprint density at radius 1 is 1.42 bits per heavy atom. The summed E-state index contributed by atoms with van der Waals surface area (Å²) in [6.07, 6.45) is 6.07. The van der Waals surface area contributed by atoms with Crippen molar-refractivity contribution in [2.75, 3.05) is 0 Å². The molecule has 70 valence electrons.